The molecule has 3 rings (SSSR count). The van der Waals surface area contributed by atoms with E-state index in [1.165, 1.54) is 0 Å². The third kappa shape index (κ3) is 2.68. The SMILES string of the molecule is OCc1ccncc1-c1nc[nH]c1Cc1[nH]cnc1CCl. The maximum atomic E-state index is 9.45. The number of rotatable bonds is 5. The van der Waals surface area contributed by atoms with Crippen molar-refractivity contribution in [2.75, 3.05) is 0 Å². The van der Waals surface area contributed by atoms with E-state index in [-0.39, 0.29) is 6.61 Å². The highest BCUT2D eigenvalue weighted by Gasteiger charge is 2.15. The number of aromatic amines is 2. The number of imidazole rings is 2. The Kier molecular flexibility index (Phi) is 3.98. The number of H-pyrrole nitrogens is 2. The van der Waals surface area contributed by atoms with Crippen LogP contribution in [0.15, 0.2) is 31.1 Å². The van der Waals surface area contributed by atoms with Gasteiger partial charge in [0.15, 0.2) is 0 Å². The van der Waals surface area contributed by atoms with Gasteiger partial charge in [0.25, 0.3) is 0 Å². The number of aliphatic hydroxyl groups is 1. The molecule has 7 heteroatoms. The van der Waals surface area contributed by atoms with Crippen LogP contribution in [0.5, 0.6) is 0 Å². The molecule has 0 amide bonds. The van der Waals surface area contributed by atoms with Crippen LogP contribution in [-0.4, -0.2) is 30.0 Å². The number of aromatic nitrogens is 5. The van der Waals surface area contributed by atoms with Crippen LogP contribution >= 0.6 is 11.6 Å². The third-order valence-corrected chi connectivity index (χ3v) is 3.60. The molecular formula is C14H14ClN5O. The summed E-state index contributed by atoms with van der Waals surface area (Å²) >= 11 is 5.87. The molecule has 0 radical (unpaired) electrons. The number of pyridine rings is 1. The van der Waals surface area contributed by atoms with Crippen molar-refractivity contribution >= 4 is 11.6 Å². The molecule has 0 aliphatic heterocycles. The molecule has 3 N–H and O–H groups in total. The van der Waals surface area contributed by atoms with Crippen LogP contribution in [-0.2, 0) is 18.9 Å². The topological polar surface area (TPSA) is 90.5 Å². The molecule has 0 fully saturated rings. The van der Waals surface area contributed by atoms with E-state index in [9.17, 15) is 5.11 Å². The van der Waals surface area contributed by atoms with Gasteiger partial charge in [0.1, 0.15) is 0 Å². The molecule has 0 unspecified atom stereocenters. The second-order valence-corrected chi connectivity index (χ2v) is 4.83. The van der Waals surface area contributed by atoms with Crippen molar-refractivity contribution in [1.29, 1.82) is 0 Å². The van der Waals surface area contributed by atoms with Crippen LogP contribution in [0.2, 0.25) is 0 Å². The molecule has 0 atom stereocenters. The minimum atomic E-state index is -0.0544. The molecule has 0 spiro atoms. The van der Waals surface area contributed by atoms with Crippen molar-refractivity contribution in [3.8, 4) is 11.3 Å². The van der Waals surface area contributed by atoms with Gasteiger partial charge in [-0.2, -0.15) is 0 Å². The van der Waals surface area contributed by atoms with Crippen molar-refractivity contribution in [3.05, 3.63) is 53.8 Å². The maximum Gasteiger partial charge on any atom is 0.0935 e. The zero-order valence-corrected chi connectivity index (χ0v) is 11.9. The van der Waals surface area contributed by atoms with E-state index >= 15 is 0 Å². The van der Waals surface area contributed by atoms with Gasteiger partial charge in [0, 0.05) is 35.8 Å². The Morgan fingerprint density at radius 2 is 1.95 bits per heavy atom. The zero-order valence-electron chi connectivity index (χ0n) is 11.2. The summed E-state index contributed by atoms with van der Waals surface area (Å²) < 4.78 is 0. The minimum Gasteiger partial charge on any atom is -0.392 e. The Morgan fingerprint density at radius 3 is 2.76 bits per heavy atom. The fourth-order valence-electron chi connectivity index (χ4n) is 2.26. The largest absolute Gasteiger partial charge is 0.392 e. The van der Waals surface area contributed by atoms with E-state index in [0.717, 1.165) is 33.9 Å². The Morgan fingerprint density at radius 1 is 1.14 bits per heavy atom. The fourth-order valence-corrected chi connectivity index (χ4v) is 2.49. The summed E-state index contributed by atoms with van der Waals surface area (Å²) in [4.78, 5) is 18.9. The first-order valence-corrected chi connectivity index (χ1v) is 7.00. The van der Waals surface area contributed by atoms with Crippen LogP contribution < -0.4 is 0 Å². The molecule has 108 valence electrons. The van der Waals surface area contributed by atoms with Crippen LogP contribution in [0.4, 0.5) is 0 Å². The Labute approximate surface area is 126 Å². The van der Waals surface area contributed by atoms with E-state index in [2.05, 4.69) is 24.9 Å². The maximum absolute atomic E-state index is 9.45. The lowest BCUT2D eigenvalue weighted by Gasteiger charge is -2.07. The predicted molar refractivity (Wildman–Crippen MR) is 78.7 cm³/mol. The zero-order chi connectivity index (χ0) is 14.7. The molecule has 3 heterocycles. The van der Waals surface area contributed by atoms with Crippen LogP contribution in [0, 0.1) is 0 Å². The molecule has 3 aromatic rings. The van der Waals surface area contributed by atoms with Crippen molar-refractivity contribution < 1.29 is 5.11 Å². The van der Waals surface area contributed by atoms with Gasteiger partial charge in [0.05, 0.1) is 36.5 Å². The van der Waals surface area contributed by atoms with Gasteiger partial charge >= 0.3 is 0 Å². The first-order chi connectivity index (χ1) is 10.3. The molecule has 0 bridgehead atoms. The minimum absolute atomic E-state index is 0.0544. The summed E-state index contributed by atoms with van der Waals surface area (Å²) in [6, 6.07) is 1.79. The fraction of sp³-hybridized carbons (Fsp3) is 0.214. The standard InChI is InChI=1S/C14H14ClN5O/c15-4-13-11(17-7-19-13)3-12-14(20-8-18-12)10-5-16-2-1-9(10)6-21/h1-2,5,7-8,21H,3-4,6H2,(H,17,19)(H,18,20). The molecular weight excluding hydrogens is 290 g/mol. The average molecular weight is 304 g/mol. The second-order valence-electron chi connectivity index (χ2n) is 4.56. The molecule has 21 heavy (non-hydrogen) atoms. The summed E-state index contributed by atoms with van der Waals surface area (Å²) in [5, 5.41) is 9.45. The van der Waals surface area contributed by atoms with Gasteiger partial charge in [-0.3, -0.25) is 4.98 Å². The van der Waals surface area contributed by atoms with Crippen LogP contribution in [0.1, 0.15) is 22.6 Å². The van der Waals surface area contributed by atoms with Gasteiger partial charge in [0.2, 0.25) is 0 Å². The lowest BCUT2D eigenvalue weighted by molar-refractivity contribution is 0.282. The smallest absolute Gasteiger partial charge is 0.0935 e. The molecule has 0 aromatic carbocycles. The lowest BCUT2D eigenvalue weighted by atomic mass is 10.0. The highest BCUT2D eigenvalue weighted by molar-refractivity contribution is 6.16. The van der Waals surface area contributed by atoms with E-state index in [1.54, 1.807) is 31.1 Å². The van der Waals surface area contributed by atoms with Gasteiger partial charge in [-0.1, -0.05) is 0 Å². The molecule has 0 aliphatic carbocycles. The number of hydrogen-bond acceptors (Lipinski definition) is 4. The predicted octanol–water partition coefficient (Wildman–Crippen LogP) is 2.02. The number of alkyl halides is 1. The third-order valence-electron chi connectivity index (χ3n) is 3.34. The number of halogens is 1. The molecule has 0 aliphatic rings. The van der Waals surface area contributed by atoms with E-state index in [1.807, 2.05) is 0 Å². The summed E-state index contributed by atoms with van der Waals surface area (Å²) in [5.41, 5.74) is 5.09. The van der Waals surface area contributed by atoms with Crippen LogP contribution in [0.25, 0.3) is 11.3 Å². The van der Waals surface area contributed by atoms with E-state index in [4.69, 9.17) is 11.6 Å². The van der Waals surface area contributed by atoms with Gasteiger partial charge in [-0.25, -0.2) is 9.97 Å². The summed E-state index contributed by atoms with van der Waals surface area (Å²) in [5.74, 6) is 0.358. The molecule has 0 saturated heterocycles. The number of nitrogens with zero attached hydrogens (tertiary/aromatic N) is 3. The second kappa shape index (κ2) is 6.07. The Balaban J connectivity index is 1.98. The highest BCUT2D eigenvalue weighted by Crippen LogP contribution is 2.25. The number of aliphatic hydroxyl groups excluding tert-OH is 1. The lowest BCUT2D eigenvalue weighted by Crippen LogP contribution is -1.98. The first-order valence-electron chi connectivity index (χ1n) is 6.47. The average Bonchev–Trinajstić information content (AvgIpc) is 3.16. The molecule has 3 aromatic heterocycles. The van der Waals surface area contributed by atoms with Crippen LogP contribution in [0.3, 0.4) is 0 Å². The van der Waals surface area contributed by atoms with Gasteiger partial charge in [-0.05, 0) is 11.6 Å². The Hall–Kier alpha value is -2.18. The quantitative estimate of drug-likeness (QED) is 0.629. The molecule has 6 nitrogen and oxygen atoms in total. The van der Waals surface area contributed by atoms with Crippen molar-refractivity contribution in [2.24, 2.45) is 0 Å². The highest BCUT2D eigenvalue weighted by atomic mass is 35.5. The monoisotopic (exact) mass is 303 g/mol. The number of nitrogens with one attached hydrogen (secondary N) is 2. The first kappa shape index (κ1) is 13.8. The number of hydrogen-bond donors (Lipinski definition) is 3. The summed E-state index contributed by atoms with van der Waals surface area (Å²) in [6.45, 7) is -0.0544. The van der Waals surface area contributed by atoms with E-state index < -0.39 is 0 Å². The van der Waals surface area contributed by atoms with Gasteiger partial charge < -0.3 is 15.1 Å². The summed E-state index contributed by atoms with van der Waals surface area (Å²) in [6.07, 6.45) is 7.24. The van der Waals surface area contributed by atoms with E-state index in [0.29, 0.717) is 12.3 Å². The van der Waals surface area contributed by atoms with Gasteiger partial charge in [-0.15, -0.1) is 11.6 Å². The summed E-state index contributed by atoms with van der Waals surface area (Å²) in [7, 11) is 0. The van der Waals surface area contributed by atoms with Crippen molar-refractivity contribution in [1.82, 2.24) is 24.9 Å². The molecule has 0 saturated carbocycles. The normalized spacial score (nSPS) is 11.0. The van der Waals surface area contributed by atoms with Crippen molar-refractivity contribution in [2.45, 2.75) is 18.9 Å². The van der Waals surface area contributed by atoms with Crippen molar-refractivity contribution in [3.63, 3.8) is 0 Å². The Bertz CT molecular complexity index is 736.